The van der Waals surface area contributed by atoms with E-state index in [-0.39, 0.29) is 11.8 Å². The molecule has 1 N–H and O–H groups in total. The summed E-state index contributed by atoms with van der Waals surface area (Å²) in [5, 5.41) is 7.79. The van der Waals surface area contributed by atoms with Crippen LogP contribution in [0.1, 0.15) is 17.4 Å². The fourth-order valence-corrected chi connectivity index (χ4v) is 3.11. The molecule has 2 aromatic rings. The predicted molar refractivity (Wildman–Crippen MR) is 99.6 cm³/mol. The molecule has 2 heterocycles. The van der Waals surface area contributed by atoms with Crippen molar-refractivity contribution in [3.05, 3.63) is 47.2 Å². The van der Waals surface area contributed by atoms with Gasteiger partial charge in [0.2, 0.25) is 5.91 Å². The molecule has 138 valence electrons. The Bertz CT molecular complexity index is 783. The van der Waals surface area contributed by atoms with Crippen molar-refractivity contribution in [1.82, 2.24) is 24.9 Å². The fraction of sp³-hybridized carbons (Fsp3) is 0.389. The van der Waals surface area contributed by atoms with Gasteiger partial charge in [-0.25, -0.2) is 4.68 Å². The van der Waals surface area contributed by atoms with Crippen LogP contribution in [-0.2, 0) is 4.79 Å². The highest BCUT2D eigenvalue weighted by Crippen LogP contribution is 2.15. The van der Waals surface area contributed by atoms with E-state index in [4.69, 9.17) is 11.6 Å². The van der Waals surface area contributed by atoms with Gasteiger partial charge in [0.25, 0.3) is 5.91 Å². The van der Waals surface area contributed by atoms with Crippen LogP contribution in [0, 0.1) is 0 Å². The Balaban J connectivity index is 1.58. The first-order valence-electron chi connectivity index (χ1n) is 8.66. The third kappa shape index (κ3) is 4.42. The van der Waals surface area contributed by atoms with E-state index in [0.717, 1.165) is 5.69 Å². The van der Waals surface area contributed by atoms with Crippen molar-refractivity contribution in [1.29, 1.82) is 0 Å². The van der Waals surface area contributed by atoms with Gasteiger partial charge in [0.1, 0.15) is 0 Å². The molecule has 1 aromatic carbocycles. The molecule has 1 aliphatic rings. The molecule has 8 heteroatoms. The molecule has 0 atom stereocenters. The lowest BCUT2D eigenvalue weighted by Crippen LogP contribution is -2.51. The monoisotopic (exact) mass is 375 g/mol. The Morgan fingerprint density at radius 2 is 1.96 bits per heavy atom. The number of benzene rings is 1. The zero-order valence-electron chi connectivity index (χ0n) is 14.7. The van der Waals surface area contributed by atoms with Gasteiger partial charge in [-0.3, -0.25) is 14.5 Å². The van der Waals surface area contributed by atoms with Crippen LogP contribution in [0.3, 0.4) is 0 Å². The SMILES string of the molecule is CCNC(=O)CN1CCN(C(=O)c2ccn(-c3cccc(Cl)c3)n2)CC1. The summed E-state index contributed by atoms with van der Waals surface area (Å²) < 4.78 is 1.64. The summed E-state index contributed by atoms with van der Waals surface area (Å²) in [6.45, 7) is 5.43. The minimum atomic E-state index is -0.0940. The molecule has 0 radical (unpaired) electrons. The first kappa shape index (κ1) is 18.4. The number of hydrogen-bond donors (Lipinski definition) is 1. The predicted octanol–water partition coefficient (Wildman–Crippen LogP) is 1.42. The maximum atomic E-state index is 12.7. The normalized spacial score (nSPS) is 15.1. The number of nitrogens with one attached hydrogen (secondary N) is 1. The van der Waals surface area contributed by atoms with E-state index in [1.165, 1.54) is 0 Å². The molecule has 26 heavy (non-hydrogen) atoms. The van der Waals surface area contributed by atoms with Gasteiger partial charge in [-0.15, -0.1) is 0 Å². The Labute approximate surface area is 157 Å². The largest absolute Gasteiger partial charge is 0.355 e. The van der Waals surface area contributed by atoms with E-state index >= 15 is 0 Å². The number of piperazine rings is 1. The van der Waals surface area contributed by atoms with E-state index in [9.17, 15) is 9.59 Å². The smallest absolute Gasteiger partial charge is 0.274 e. The minimum absolute atomic E-state index is 0.0209. The van der Waals surface area contributed by atoms with Crippen LogP contribution in [0.15, 0.2) is 36.5 Å². The van der Waals surface area contributed by atoms with Crippen molar-refractivity contribution in [3.8, 4) is 5.69 Å². The van der Waals surface area contributed by atoms with Crippen molar-refractivity contribution < 1.29 is 9.59 Å². The van der Waals surface area contributed by atoms with E-state index in [2.05, 4.69) is 15.3 Å². The quantitative estimate of drug-likeness (QED) is 0.858. The van der Waals surface area contributed by atoms with Gasteiger partial charge in [-0.2, -0.15) is 5.10 Å². The molecule has 0 aliphatic carbocycles. The second kappa shape index (κ2) is 8.33. The average Bonchev–Trinajstić information content (AvgIpc) is 3.12. The Morgan fingerprint density at radius 1 is 1.19 bits per heavy atom. The van der Waals surface area contributed by atoms with Crippen molar-refractivity contribution in [2.45, 2.75) is 6.92 Å². The van der Waals surface area contributed by atoms with E-state index in [1.54, 1.807) is 34.0 Å². The second-order valence-electron chi connectivity index (χ2n) is 6.15. The zero-order valence-corrected chi connectivity index (χ0v) is 15.4. The molecule has 1 saturated heterocycles. The third-order valence-corrected chi connectivity index (χ3v) is 4.52. The lowest BCUT2D eigenvalue weighted by atomic mass is 10.2. The minimum Gasteiger partial charge on any atom is -0.355 e. The first-order valence-corrected chi connectivity index (χ1v) is 9.04. The molecule has 7 nitrogen and oxygen atoms in total. The molecular weight excluding hydrogens is 354 g/mol. The van der Waals surface area contributed by atoms with E-state index in [0.29, 0.717) is 50.0 Å². The van der Waals surface area contributed by atoms with Crippen LogP contribution < -0.4 is 5.32 Å². The number of nitrogens with zero attached hydrogens (tertiary/aromatic N) is 4. The van der Waals surface area contributed by atoms with Crippen LogP contribution in [0.4, 0.5) is 0 Å². The summed E-state index contributed by atoms with van der Waals surface area (Å²) in [6.07, 6.45) is 1.75. The highest BCUT2D eigenvalue weighted by atomic mass is 35.5. The van der Waals surface area contributed by atoms with Gasteiger partial charge in [0, 0.05) is 43.9 Å². The van der Waals surface area contributed by atoms with Crippen molar-refractivity contribution >= 4 is 23.4 Å². The third-order valence-electron chi connectivity index (χ3n) is 4.28. The fourth-order valence-electron chi connectivity index (χ4n) is 2.93. The van der Waals surface area contributed by atoms with Gasteiger partial charge < -0.3 is 10.2 Å². The number of aromatic nitrogens is 2. The standard InChI is InChI=1S/C18H22ClN5O2/c1-2-20-17(25)13-22-8-10-23(11-9-22)18(26)16-6-7-24(21-16)15-5-3-4-14(19)12-15/h3-7,12H,2,8-11,13H2,1H3,(H,20,25). The van der Waals surface area contributed by atoms with Crippen molar-refractivity contribution in [3.63, 3.8) is 0 Å². The molecule has 0 bridgehead atoms. The van der Waals surface area contributed by atoms with Gasteiger partial charge in [0.15, 0.2) is 5.69 Å². The molecule has 0 spiro atoms. The summed E-state index contributed by atoms with van der Waals surface area (Å²) in [5.41, 5.74) is 1.21. The molecule has 3 rings (SSSR count). The second-order valence-corrected chi connectivity index (χ2v) is 6.58. The number of carbonyl (C=O) groups is 2. The highest BCUT2D eigenvalue weighted by molar-refractivity contribution is 6.30. The zero-order chi connectivity index (χ0) is 18.5. The highest BCUT2D eigenvalue weighted by Gasteiger charge is 2.24. The molecular formula is C18H22ClN5O2. The molecule has 0 unspecified atom stereocenters. The molecule has 1 fully saturated rings. The summed E-state index contributed by atoms with van der Waals surface area (Å²) in [5.74, 6) is -0.0732. The number of carbonyl (C=O) groups excluding carboxylic acids is 2. The Hall–Kier alpha value is -2.38. The van der Waals surface area contributed by atoms with Crippen LogP contribution in [-0.4, -0.2) is 70.7 Å². The average molecular weight is 376 g/mol. The maximum absolute atomic E-state index is 12.7. The van der Waals surface area contributed by atoms with Gasteiger partial charge in [-0.05, 0) is 31.2 Å². The van der Waals surface area contributed by atoms with Crippen LogP contribution in [0.25, 0.3) is 5.69 Å². The summed E-state index contributed by atoms with van der Waals surface area (Å²) in [4.78, 5) is 28.2. The Kier molecular flexibility index (Phi) is 5.90. The van der Waals surface area contributed by atoms with E-state index < -0.39 is 0 Å². The van der Waals surface area contributed by atoms with Gasteiger partial charge in [-0.1, -0.05) is 17.7 Å². The van der Waals surface area contributed by atoms with Crippen LogP contribution in [0.5, 0.6) is 0 Å². The summed E-state index contributed by atoms with van der Waals surface area (Å²) >= 11 is 6.01. The summed E-state index contributed by atoms with van der Waals surface area (Å²) in [7, 11) is 0. The van der Waals surface area contributed by atoms with Crippen LogP contribution in [0.2, 0.25) is 5.02 Å². The number of hydrogen-bond acceptors (Lipinski definition) is 4. The topological polar surface area (TPSA) is 70.5 Å². The summed E-state index contributed by atoms with van der Waals surface area (Å²) in [6, 6.07) is 9.02. The lowest BCUT2D eigenvalue weighted by molar-refractivity contribution is -0.122. The molecule has 0 saturated carbocycles. The van der Waals surface area contributed by atoms with E-state index in [1.807, 2.05) is 19.1 Å². The molecule has 2 amide bonds. The maximum Gasteiger partial charge on any atom is 0.274 e. The molecule has 1 aliphatic heterocycles. The van der Waals surface area contributed by atoms with Crippen LogP contribution >= 0.6 is 11.6 Å². The van der Waals surface area contributed by atoms with Gasteiger partial charge in [0.05, 0.1) is 12.2 Å². The van der Waals surface area contributed by atoms with Gasteiger partial charge >= 0.3 is 0 Å². The number of halogens is 1. The first-order chi connectivity index (χ1) is 12.6. The van der Waals surface area contributed by atoms with Crippen molar-refractivity contribution in [2.24, 2.45) is 0 Å². The number of rotatable bonds is 5. The number of amides is 2. The number of likely N-dealkylation sites (N-methyl/N-ethyl adjacent to an activating group) is 1. The lowest BCUT2D eigenvalue weighted by Gasteiger charge is -2.33. The Morgan fingerprint density at radius 3 is 2.65 bits per heavy atom. The molecule has 1 aromatic heterocycles. The van der Waals surface area contributed by atoms with Crippen molar-refractivity contribution in [2.75, 3.05) is 39.3 Å².